The van der Waals surface area contributed by atoms with Crippen molar-refractivity contribution in [2.45, 2.75) is 63.3 Å². The molecule has 5 rings (SSSR count). The van der Waals surface area contributed by atoms with Crippen LogP contribution >= 0.6 is 0 Å². The Balaban J connectivity index is 1.41. The molecule has 0 radical (unpaired) electrons. The number of benzene rings is 2. The van der Waals surface area contributed by atoms with Crippen molar-refractivity contribution in [3.05, 3.63) is 71.8 Å². The lowest BCUT2D eigenvalue weighted by Crippen LogP contribution is -2.54. The lowest BCUT2D eigenvalue weighted by atomic mass is 9.84. The third-order valence-electron chi connectivity index (χ3n) is 7.37. The van der Waals surface area contributed by atoms with Gasteiger partial charge in [0.1, 0.15) is 12.1 Å². The van der Waals surface area contributed by atoms with Gasteiger partial charge in [-0.25, -0.2) is 0 Å². The fraction of sp³-hybridized carbons (Fsp3) is 0.481. The highest BCUT2D eigenvalue weighted by atomic mass is 16.5. The molecule has 0 N–H and O–H groups in total. The smallest absolute Gasteiger partial charge is 0.254 e. The zero-order chi connectivity index (χ0) is 22.1. The number of amides is 2. The number of carbonyl (C=O) groups excluding carboxylic acids is 2. The van der Waals surface area contributed by atoms with Crippen LogP contribution in [0.15, 0.2) is 60.7 Å². The fourth-order valence-electron chi connectivity index (χ4n) is 5.90. The molecule has 5 atom stereocenters. The highest BCUT2D eigenvalue weighted by Crippen LogP contribution is 2.41. The molecule has 168 valence electrons. The van der Waals surface area contributed by atoms with E-state index in [1.807, 2.05) is 65.3 Å². The zero-order valence-corrected chi connectivity index (χ0v) is 18.7. The van der Waals surface area contributed by atoms with E-state index in [0.717, 1.165) is 31.2 Å². The second-order valence-corrected chi connectivity index (χ2v) is 9.53. The van der Waals surface area contributed by atoms with E-state index in [1.54, 1.807) is 0 Å². The molecule has 5 unspecified atom stereocenters. The predicted octanol–water partition coefficient (Wildman–Crippen LogP) is 4.45. The molecule has 2 heterocycles. The third-order valence-corrected chi connectivity index (χ3v) is 7.37. The number of hydrogen-bond acceptors (Lipinski definition) is 3. The zero-order valence-electron chi connectivity index (χ0n) is 18.7. The summed E-state index contributed by atoms with van der Waals surface area (Å²) < 4.78 is 6.18. The molecule has 2 aromatic carbocycles. The first-order valence-electron chi connectivity index (χ1n) is 12.0. The minimum absolute atomic E-state index is 0.000678. The van der Waals surface area contributed by atoms with Crippen molar-refractivity contribution in [2.75, 3.05) is 13.1 Å². The van der Waals surface area contributed by atoms with Crippen molar-refractivity contribution in [1.82, 2.24) is 9.80 Å². The van der Waals surface area contributed by atoms with Crippen molar-refractivity contribution in [3.63, 3.8) is 0 Å². The molecular weight excluding hydrogens is 400 g/mol. The molecule has 32 heavy (non-hydrogen) atoms. The van der Waals surface area contributed by atoms with E-state index in [2.05, 4.69) is 12.1 Å². The predicted molar refractivity (Wildman–Crippen MR) is 123 cm³/mol. The lowest BCUT2D eigenvalue weighted by molar-refractivity contribution is -0.149. The van der Waals surface area contributed by atoms with Gasteiger partial charge in [0.2, 0.25) is 5.91 Å². The summed E-state index contributed by atoms with van der Waals surface area (Å²) in [7, 11) is 0. The average Bonchev–Trinajstić information content (AvgIpc) is 3.23. The SMILES string of the molecule is CC1CN(C(=O)C2CC3CCCCC3N2C(=O)c2ccccc2)CC(c2ccccc2)O1. The molecule has 2 aliphatic heterocycles. The van der Waals surface area contributed by atoms with Gasteiger partial charge in [-0.15, -0.1) is 0 Å². The Labute approximate surface area is 190 Å². The van der Waals surface area contributed by atoms with Gasteiger partial charge >= 0.3 is 0 Å². The van der Waals surface area contributed by atoms with Crippen molar-refractivity contribution < 1.29 is 14.3 Å². The van der Waals surface area contributed by atoms with Crippen molar-refractivity contribution in [3.8, 4) is 0 Å². The van der Waals surface area contributed by atoms with E-state index in [9.17, 15) is 9.59 Å². The minimum Gasteiger partial charge on any atom is -0.367 e. The van der Waals surface area contributed by atoms with Crippen molar-refractivity contribution >= 4 is 11.8 Å². The molecule has 5 nitrogen and oxygen atoms in total. The Hall–Kier alpha value is -2.66. The molecule has 1 saturated carbocycles. The van der Waals surface area contributed by atoms with Crippen LogP contribution in [0.5, 0.6) is 0 Å². The summed E-state index contributed by atoms with van der Waals surface area (Å²) in [5.41, 5.74) is 1.77. The summed E-state index contributed by atoms with van der Waals surface area (Å²) in [4.78, 5) is 31.4. The van der Waals surface area contributed by atoms with Crippen LogP contribution in [0.2, 0.25) is 0 Å². The maximum Gasteiger partial charge on any atom is 0.254 e. The minimum atomic E-state index is -0.377. The van der Waals surface area contributed by atoms with Crippen LogP contribution in [0, 0.1) is 5.92 Å². The normalized spacial score (nSPS) is 30.1. The van der Waals surface area contributed by atoms with Crippen LogP contribution < -0.4 is 0 Å². The van der Waals surface area contributed by atoms with Gasteiger partial charge in [-0.3, -0.25) is 9.59 Å². The van der Waals surface area contributed by atoms with Gasteiger partial charge in [0.25, 0.3) is 5.91 Å². The number of rotatable bonds is 3. The van der Waals surface area contributed by atoms with Crippen LogP contribution in [0.4, 0.5) is 0 Å². The van der Waals surface area contributed by atoms with E-state index in [1.165, 1.54) is 6.42 Å². The first-order chi connectivity index (χ1) is 15.6. The Morgan fingerprint density at radius 1 is 0.906 bits per heavy atom. The molecule has 0 spiro atoms. The molecule has 0 aromatic heterocycles. The second kappa shape index (κ2) is 9.07. The largest absolute Gasteiger partial charge is 0.367 e. The maximum atomic E-state index is 13.9. The summed E-state index contributed by atoms with van der Waals surface area (Å²) in [6.45, 7) is 3.13. The van der Waals surface area contributed by atoms with E-state index in [4.69, 9.17) is 4.74 Å². The van der Waals surface area contributed by atoms with Gasteiger partial charge in [0.05, 0.1) is 12.6 Å². The monoisotopic (exact) mass is 432 g/mol. The molecule has 2 amide bonds. The first-order valence-corrected chi connectivity index (χ1v) is 12.0. The number of nitrogens with zero attached hydrogens (tertiary/aromatic N) is 2. The highest BCUT2D eigenvalue weighted by molar-refractivity contribution is 5.98. The molecular formula is C27H32N2O3. The fourth-order valence-corrected chi connectivity index (χ4v) is 5.90. The van der Waals surface area contributed by atoms with Gasteiger partial charge < -0.3 is 14.5 Å². The first kappa shape index (κ1) is 21.2. The molecule has 1 aliphatic carbocycles. The molecule has 3 fully saturated rings. The summed E-state index contributed by atoms with van der Waals surface area (Å²) in [6, 6.07) is 19.4. The Kier molecular flexibility index (Phi) is 6.01. The van der Waals surface area contributed by atoms with Gasteiger partial charge in [-0.2, -0.15) is 0 Å². The number of fused-ring (bicyclic) bond motifs is 1. The third kappa shape index (κ3) is 4.06. The van der Waals surface area contributed by atoms with Gasteiger partial charge in [-0.05, 0) is 49.8 Å². The van der Waals surface area contributed by atoms with E-state index in [0.29, 0.717) is 24.6 Å². The Morgan fingerprint density at radius 2 is 1.59 bits per heavy atom. The standard InChI is InChI=1S/C27H32N2O3/c1-19-17-28(18-25(32-19)20-10-4-2-5-11-20)27(31)24-16-22-14-8-9-15-23(22)29(24)26(30)21-12-6-3-7-13-21/h2-7,10-13,19,22-25H,8-9,14-18H2,1H3. The summed E-state index contributed by atoms with van der Waals surface area (Å²) >= 11 is 0. The van der Waals surface area contributed by atoms with E-state index >= 15 is 0 Å². The second-order valence-electron chi connectivity index (χ2n) is 9.53. The van der Waals surface area contributed by atoms with Crippen LogP contribution in [0.25, 0.3) is 0 Å². The summed E-state index contributed by atoms with van der Waals surface area (Å²) in [5, 5.41) is 0. The van der Waals surface area contributed by atoms with E-state index < -0.39 is 0 Å². The van der Waals surface area contributed by atoms with Gasteiger partial charge in [0, 0.05) is 18.2 Å². The summed E-state index contributed by atoms with van der Waals surface area (Å²) in [6.07, 6.45) is 5.04. The molecule has 2 saturated heterocycles. The number of hydrogen-bond donors (Lipinski definition) is 0. The van der Waals surface area contributed by atoms with Crippen molar-refractivity contribution in [2.24, 2.45) is 5.92 Å². The number of carbonyl (C=O) groups is 2. The van der Waals surface area contributed by atoms with E-state index in [-0.39, 0.29) is 36.1 Å². The Morgan fingerprint density at radius 3 is 2.34 bits per heavy atom. The van der Waals surface area contributed by atoms with Crippen molar-refractivity contribution in [1.29, 1.82) is 0 Å². The topological polar surface area (TPSA) is 49.9 Å². The quantitative estimate of drug-likeness (QED) is 0.720. The number of morpholine rings is 1. The summed E-state index contributed by atoms with van der Waals surface area (Å²) in [5.74, 6) is 0.507. The average molecular weight is 433 g/mol. The molecule has 5 heteroatoms. The molecule has 2 aromatic rings. The Bertz CT molecular complexity index is 948. The molecule has 3 aliphatic rings. The van der Waals surface area contributed by atoms with Crippen LogP contribution in [-0.4, -0.2) is 52.9 Å². The number of likely N-dealkylation sites (tertiary alicyclic amines) is 1. The van der Waals surface area contributed by atoms with Gasteiger partial charge in [-0.1, -0.05) is 61.4 Å². The highest BCUT2D eigenvalue weighted by Gasteiger charge is 2.49. The number of ether oxygens (including phenoxy) is 1. The van der Waals surface area contributed by atoms with Crippen LogP contribution in [0.3, 0.4) is 0 Å². The van der Waals surface area contributed by atoms with Crippen LogP contribution in [-0.2, 0) is 9.53 Å². The lowest BCUT2D eigenvalue weighted by Gasteiger charge is -2.40. The van der Waals surface area contributed by atoms with Gasteiger partial charge in [0.15, 0.2) is 0 Å². The van der Waals surface area contributed by atoms with Crippen LogP contribution in [0.1, 0.15) is 61.1 Å². The maximum absolute atomic E-state index is 13.9. The molecule has 0 bridgehead atoms.